The molecule has 2 aromatic rings. The first kappa shape index (κ1) is 13.7. The molecule has 1 N–H and O–H groups in total. The average molecular weight is 286 g/mol. The zero-order valence-corrected chi connectivity index (χ0v) is 10.4. The molecule has 0 saturated carbocycles. The summed E-state index contributed by atoms with van der Waals surface area (Å²) in [5.41, 5.74) is -0.369. The molecule has 0 fully saturated rings. The molecule has 19 heavy (non-hydrogen) atoms. The monoisotopic (exact) mass is 286 g/mol. The van der Waals surface area contributed by atoms with Gasteiger partial charge in [0.25, 0.3) is 0 Å². The molecule has 7 heteroatoms. The third-order valence-corrected chi connectivity index (χ3v) is 3.35. The van der Waals surface area contributed by atoms with Gasteiger partial charge in [0.05, 0.1) is 10.6 Å². The largest absolute Gasteiger partial charge is 0.416 e. The van der Waals surface area contributed by atoms with Crippen molar-refractivity contribution in [3.63, 3.8) is 0 Å². The van der Waals surface area contributed by atoms with Crippen LogP contribution in [0.5, 0.6) is 0 Å². The van der Waals surface area contributed by atoms with E-state index in [0.29, 0.717) is 10.8 Å². The van der Waals surface area contributed by atoms with Gasteiger partial charge in [0.15, 0.2) is 0 Å². The third kappa shape index (κ3) is 3.85. The molecular weight excluding hydrogens is 277 g/mol. The van der Waals surface area contributed by atoms with E-state index in [1.54, 1.807) is 6.07 Å². The Labute approximate surface area is 110 Å². The summed E-state index contributed by atoms with van der Waals surface area (Å²) in [6.45, 7) is 0. The summed E-state index contributed by atoms with van der Waals surface area (Å²) < 4.78 is 37.1. The van der Waals surface area contributed by atoms with Crippen LogP contribution in [0.1, 0.15) is 11.1 Å². The van der Waals surface area contributed by atoms with Crippen molar-refractivity contribution in [2.75, 3.05) is 0 Å². The maximum absolute atomic E-state index is 12.4. The molecule has 0 radical (unpaired) electrons. The van der Waals surface area contributed by atoms with E-state index in [4.69, 9.17) is 0 Å². The van der Waals surface area contributed by atoms with Crippen molar-refractivity contribution in [1.29, 1.82) is 0 Å². The Morgan fingerprint density at radius 3 is 2.42 bits per heavy atom. The lowest BCUT2D eigenvalue weighted by Crippen LogP contribution is -2.08. The number of thioether (sulfide) groups is 1. The van der Waals surface area contributed by atoms with Crippen molar-refractivity contribution in [3.05, 3.63) is 58.1 Å². The van der Waals surface area contributed by atoms with Crippen LogP contribution in [0.2, 0.25) is 0 Å². The van der Waals surface area contributed by atoms with Crippen LogP contribution in [0.25, 0.3) is 0 Å². The van der Waals surface area contributed by atoms with E-state index >= 15 is 0 Å². The molecule has 0 aliphatic heterocycles. The number of nitrogens with one attached hydrogen (secondary N) is 1. The van der Waals surface area contributed by atoms with Gasteiger partial charge in [-0.1, -0.05) is 12.1 Å². The highest BCUT2D eigenvalue weighted by atomic mass is 32.2. The minimum atomic E-state index is -4.32. The van der Waals surface area contributed by atoms with Crippen molar-refractivity contribution < 1.29 is 13.2 Å². The van der Waals surface area contributed by atoms with E-state index in [0.717, 1.165) is 17.7 Å². The summed E-state index contributed by atoms with van der Waals surface area (Å²) >= 11 is 1.32. The van der Waals surface area contributed by atoms with E-state index in [-0.39, 0.29) is 0 Å². The average Bonchev–Trinajstić information content (AvgIpc) is 2.36. The van der Waals surface area contributed by atoms with Crippen LogP contribution in [0.15, 0.2) is 46.3 Å². The first-order valence-corrected chi connectivity index (χ1v) is 6.28. The lowest BCUT2D eigenvalue weighted by Gasteiger charge is -2.07. The number of hydrogen-bond donors (Lipinski definition) is 1. The van der Waals surface area contributed by atoms with Gasteiger partial charge in [0.2, 0.25) is 0 Å². The highest BCUT2D eigenvalue weighted by molar-refractivity contribution is 7.98. The van der Waals surface area contributed by atoms with Crippen LogP contribution in [-0.4, -0.2) is 9.97 Å². The Morgan fingerprint density at radius 1 is 1.16 bits per heavy atom. The SMILES string of the molecule is O=c1nccc(SCc2ccc(C(F)(F)F)cc2)[nH]1. The molecule has 0 amide bonds. The molecule has 1 aromatic carbocycles. The van der Waals surface area contributed by atoms with E-state index < -0.39 is 17.4 Å². The van der Waals surface area contributed by atoms with Gasteiger partial charge < -0.3 is 4.98 Å². The Morgan fingerprint density at radius 2 is 1.84 bits per heavy atom. The Balaban J connectivity index is 2.03. The van der Waals surface area contributed by atoms with Gasteiger partial charge in [-0.05, 0) is 23.8 Å². The second-order valence-electron chi connectivity index (χ2n) is 3.72. The fourth-order valence-corrected chi connectivity index (χ4v) is 2.22. The van der Waals surface area contributed by atoms with Crippen LogP contribution in [0, 0.1) is 0 Å². The summed E-state index contributed by atoms with van der Waals surface area (Å²) in [6, 6.07) is 6.58. The normalized spacial score (nSPS) is 11.5. The fourth-order valence-electron chi connectivity index (χ4n) is 1.39. The lowest BCUT2D eigenvalue weighted by atomic mass is 10.1. The number of nitrogens with zero attached hydrogens (tertiary/aromatic N) is 1. The zero-order chi connectivity index (χ0) is 13.9. The van der Waals surface area contributed by atoms with Crippen molar-refractivity contribution in [2.45, 2.75) is 17.0 Å². The molecule has 3 nitrogen and oxygen atoms in total. The highest BCUT2D eigenvalue weighted by Crippen LogP contribution is 2.29. The Hall–Kier alpha value is -1.76. The van der Waals surface area contributed by atoms with Crippen LogP contribution in [0.4, 0.5) is 13.2 Å². The lowest BCUT2D eigenvalue weighted by molar-refractivity contribution is -0.137. The second-order valence-corrected chi connectivity index (χ2v) is 4.74. The molecule has 0 atom stereocenters. The molecule has 100 valence electrons. The second kappa shape index (κ2) is 5.48. The Bertz CT molecular complexity index is 607. The van der Waals surface area contributed by atoms with Gasteiger partial charge in [-0.25, -0.2) is 9.78 Å². The van der Waals surface area contributed by atoms with Crippen molar-refractivity contribution in [1.82, 2.24) is 9.97 Å². The number of alkyl halides is 3. The molecule has 0 spiro atoms. The molecule has 0 saturated heterocycles. The van der Waals surface area contributed by atoms with Crippen molar-refractivity contribution in [2.24, 2.45) is 0 Å². The highest BCUT2D eigenvalue weighted by Gasteiger charge is 2.29. The van der Waals surface area contributed by atoms with Gasteiger partial charge >= 0.3 is 11.9 Å². The Kier molecular flexibility index (Phi) is 3.94. The van der Waals surface area contributed by atoms with Crippen molar-refractivity contribution in [3.8, 4) is 0 Å². The fraction of sp³-hybridized carbons (Fsp3) is 0.167. The molecule has 0 aliphatic carbocycles. The van der Waals surface area contributed by atoms with E-state index in [1.165, 1.54) is 30.1 Å². The zero-order valence-electron chi connectivity index (χ0n) is 9.57. The maximum Gasteiger partial charge on any atom is 0.416 e. The van der Waals surface area contributed by atoms with Gasteiger partial charge in [0.1, 0.15) is 0 Å². The van der Waals surface area contributed by atoms with E-state index in [2.05, 4.69) is 9.97 Å². The van der Waals surface area contributed by atoms with Gasteiger partial charge in [0, 0.05) is 11.9 Å². The minimum absolute atomic E-state index is 0.447. The number of benzene rings is 1. The third-order valence-electron chi connectivity index (χ3n) is 2.32. The molecule has 0 bridgehead atoms. The maximum atomic E-state index is 12.4. The van der Waals surface area contributed by atoms with Crippen LogP contribution < -0.4 is 5.69 Å². The first-order chi connectivity index (χ1) is 8.95. The molecule has 0 aliphatic rings. The number of rotatable bonds is 3. The van der Waals surface area contributed by atoms with E-state index in [9.17, 15) is 18.0 Å². The van der Waals surface area contributed by atoms with Crippen LogP contribution >= 0.6 is 11.8 Å². The summed E-state index contributed by atoms with van der Waals surface area (Å²) in [5, 5.41) is 0.625. The number of aromatic amines is 1. The summed E-state index contributed by atoms with van der Waals surface area (Å²) in [5.74, 6) is 0.470. The molecular formula is C12H9F3N2OS. The number of aromatic nitrogens is 2. The van der Waals surface area contributed by atoms with Gasteiger partial charge in [-0.15, -0.1) is 11.8 Å². The molecule has 1 heterocycles. The van der Waals surface area contributed by atoms with Crippen LogP contribution in [0.3, 0.4) is 0 Å². The molecule has 2 rings (SSSR count). The number of hydrogen-bond acceptors (Lipinski definition) is 3. The van der Waals surface area contributed by atoms with Crippen molar-refractivity contribution >= 4 is 11.8 Å². The predicted molar refractivity (Wildman–Crippen MR) is 65.9 cm³/mol. The summed E-state index contributed by atoms with van der Waals surface area (Å²) in [4.78, 5) is 17.0. The van der Waals surface area contributed by atoms with Gasteiger partial charge in [-0.2, -0.15) is 13.2 Å². The molecule has 0 unspecified atom stereocenters. The molecule has 1 aromatic heterocycles. The number of halogens is 3. The number of H-pyrrole nitrogens is 1. The first-order valence-electron chi connectivity index (χ1n) is 5.29. The quantitative estimate of drug-likeness (QED) is 0.696. The van der Waals surface area contributed by atoms with E-state index in [1.807, 2.05) is 0 Å². The summed E-state index contributed by atoms with van der Waals surface area (Å²) in [7, 11) is 0. The smallest absolute Gasteiger partial charge is 0.300 e. The topological polar surface area (TPSA) is 45.8 Å². The predicted octanol–water partition coefficient (Wildman–Crippen LogP) is 3.08. The van der Waals surface area contributed by atoms with Crippen LogP contribution in [-0.2, 0) is 11.9 Å². The minimum Gasteiger partial charge on any atom is -0.300 e. The standard InChI is InChI=1S/C12H9F3N2OS/c13-12(14,15)9-3-1-8(2-4-9)7-19-10-5-6-16-11(18)17-10/h1-6H,7H2,(H,16,17,18). The summed E-state index contributed by atoms with van der Waals surface area (Å²) in [6.07, 6.45) is -2.93. The van der Waals surface area contributed by atoms with Gasteiger partial charge in [-0.3, -0.25) is 0 Å².